The first-order valence-electron chi connectivity index (χ1n) is 5.72. The third-order valence-electron chi connectivity index (χ3n) is 2.35. The predicted octanol–water partition coefficient (Wildman–Crippen LogP) is 2.42. The molecule has 1 saturated heterocycles. The van der Waals surface area contributed by atoms with Crippen LogP contribution in [0, 0.1) is 11.8 Å². The molecule has 1 rings (SSSR count). The minimum Gasteiger partial charge on any atom is -0.489 e. The summed E-state index contributed by atoms with van der Waals surface area (Å²) in [4.78, 5) is 2.41. The number of allylic oxidation sites excluding steroid dienone is 1. The number of piperidine rings is 1. The van der Waals surface area contributed by atoms with Gasteiger partial charge in [0.05, 0.1) is 12.8 Å². The quantitative estimate of drug-likeness (QED) is 0.400. The van der Waals surface area contributed by atoms with E-state index in [0.717, 1.165) is 6.54 Å². The van der Waals surface area contributed by atoms with Gasteiger partial charge in [0.2, 0.25) is 0 Å². The second-order valence-electron chi connectivity index (χ2n) is 4.20. The summed E-state index contributed by atoms with van der Waals surface area (Å²) in [5.74, 6) is 6.18. The first kappa shape index (κ1) is 12.1. The van der Waals surface area contributed by atoms with Crippen molar-refractivity contribution in [1.29, 1.82) is 0 Å². The molecule has 0 aromatic carbocycles. The number of ether oxygens (including phenoxy) is 1. The fourth-order valence-corrected chi connectivity index (χ4v) is 1.59. The van der Waals surface area contributed by atoms with Crippen LogP contribution in [-0.4, -0.2) is 31.1 Å². The molecule has 0 aromatic heterocycles. The van der Waals surface area contributed by atoms with Gasteiger partial charge in [-0.05, 0) is 45.4 Å². The lowest BCUT2D eigenvalue weighted by Gasteiger charge is -2.23. The van der Waals surface area contributed by atoms with E-state index in [1.54, 1.807) is 6.26 Å². The second kappa shape index (κ2) is 7.36. The van der Waals surface area contributed by atoms with Gasteiger partial charge in [-0.15, -0.1) is 0 Å². The fourth-order valence-electron chi connectivity index (χ4n) is 1.59. The molecule has 1 fully saturated rings. The maximum atomic E-state index is 5.23. The molecule has 84 valence electrons. The van der Waals surface area contributed by atoms with Crippen LogP contribution in [0.25, 0.3) is 0 Å². The van der Waals surface area contributed by atoms with Gasteiger partial charge in [-0.1, -0.05) is 18.3 Å². The van der Waals surface area contributed by atoms with Crippen molar-refractivity contribution >= 4 is 0 Å². The Labute approximate surface area is 93.3 Å². The van der Waals surface area contributed by atoms with Crippen LogP contribution in [0.1, 0.15) is 33.1 Å². The zero-order valence-corrected chi connectivity index (χ0v) is 9.88. The van der Waals surface area contributed by atoms with E-state index in [0.29, 0.717) is 6.61 Å². The molecule has 0 N–H and O–H groups in total. The van der Waals surface area contributed by atoms with Crippen molar-refractivity contribution in [3.8, 4) is 11.8 Å². The zero-order valence-electron chi connectivity index (χ0n) is 9.88. The van der Waals surface area contributed by atoms with Gasteiger partial charge in [0.15, 0.2) is 0 Å². The average Bonchev–Trinajstić information content (AvgIpc) is 2.24. The molecule has 0 saturated carbocycles. The molecule has 15 heavy (non-hydrogen) atoms. The smallest absolute Gasteiger partial charge is 0.148 e. The maximum absolute atomic E-state index is 5.23. The van der Waals surface area contributed by atoms with E-state index >= 15 is 0 Å². The molecule has 2 heteroatoms. The van der Waals surface area contributed by atoms with E-state index in [1.165, 1.54) is 37.9 Å². The number of nitrogens with zero attached hydrogens (tertiary/aromatic N) is 1. The molecule has 2 nitrogen and oxygen atoms in total. The maximum Gasteiger partial charge on any atom is 0.148 e. The highest BCUT2D eigenvalue weighted by Crippen LogP contribution is 2.06. The summed E-state index contributed by atoms with van der Waals surface area (Å²) in [6, 6.07) is 0. The Kier molecular flexibility index (Phi) is 5.96. The van der Waals surface area contributed by atoms with Crippen molar-refractivity contribution in [2.45, 2.75) is 33.1 Å². The SMILES string of the molecule is CC(C)=COCC#CCN1CCCCC1. The lowest BCUT2D eigenvalue weighted by molar-refractivity contribution is 0.254. The Balaban J connectivity index is 2.07. The van der Waals surface area contributed by atoms with Gasteiger partial charge >= 0.3 is 0 Å². The minimum atomic E-state index is 0.513. The lowest BCUT2D eigenvalue weighted by atomic mass is 10.1. The van der Waals surface area contributed by atoms with Crippen LogP contribution < -0.4 is 0 Å². The van der Waals surface area contributed by atoms with E-state index < -0.39 is 0 Å². The second-order valence-corrected chi connectivity index (χ2v) is 4.20. The summed E-state index contributed by atoms with van der Waals surface area (Å²) in [6.45, 7) is 7.87. The number of hydrogen-bond acceptors (Lipinski definition) is 2. The summed E-state index contributed by atoms with van der Waals surface area (Å²) in [7, 11) is 0. The summed E-state index contributed by atoms with van der Waals surface area (Å²) in [5.41, 5.74) is 1.17. The van der Waals surface area contributed by atoms with E-state index in [9.17, 15) is 0 Å². The van der Waals surface area contributed by atoms with Crippen molar-refractivity contribution in [3.05, 3.63) is 11.8 Å². The van der Waals surface area contributed by atoms with Gasteiger partial charge in [0, 0.05) is 0 Å². The molecular formula is C13H21NO. The highest BCUT2D eigenvalue weighted by molar-refractivity contribution is 5.02. The number of likely N-dealkylation sites (tertiary alicyclic amines) is 1. The predicted molar refractivity (Wildman–Crippen MR) is 63.5 cm³/mol. The van der Waals surface area contributed by atoms with Crippen LogP contribution in [0.5, 0.6) is 0 Å². The molecular weight excluding hydrogens is 186 g/mol. The van der Waals surface area contributed by atoms with E-state index in [-0.39, 0.29) is 0 Å². The van der Waals surface area contributed by atoms with Gasteiger partial charge in [0.25, 0.3) is 0 Å². The molecule has 1 aliphatic heterocycles. The first-order chi connectivity index (χ1) is 7.29. The van der Waals surface area contributed by atoms with Crippen molar-refractivity contribution in [2.75, 3.05) is 26.2 Å². The van der Waals surface area contributed by atoms with Crippen LogP contribution in [0.3, 0.4) is 0 Å². The molecule has 0 aromatic rings. The van der Waals surface area contributed by atoms with Gasteiger partial charge in [-0.3, -0.25) is 4.90 Å². The minimum absolute atomic E-state index is 0.513. The van der Waals surface area contributed by atoms with Crippen molar-refractivity contribution in [2.24, 2.45) is 0 Å². The summed E-state index contributed by atoms with van der Waals surface area (Å²) < 4.78 is 5.23. The van der Waals surface area contributed by atoms with E-state index in [2.05, 4.69) is 16.7 Å². The third kappa shape index (κ3) is 6.19. The molecule has 0 atom stereocenters. The van der Waals surface area contributed by atoms with Crippen molar-refractivity contribution in [1.82, 2.24) is 4.90 Å². The molecule has 0 unspecified atom stereocenters. The monoisotopic (exact) mass is 207 g/mol. The average molecular weight is 207 g/mol. The number of hydrogen-bond donors (Lipinski definition) is 0. The van der Waals surface area contributed by atoms with Crippen molar-refractivity contribution < 1.29 is 4.74 Å². The van der Waals surface area contributed by atoms with Crippen LogP contribution in [0.15, 0.2) is 11.8 Å². The van der Waals surface area contributed by atoms with Crippen LogP contribution in [0.2, 0.25) is 0 Å². The normalized spacial score (nSPS) is 16.4. The summed E-state index contributed by atoms with van der Waals surface area (Å²) in [5, 5.41) is 0. The Hall–Kier alpha value is -0.940. The van der Waals surface area contributed by atoms with Crippen molar-refractivity contribution in [3.63, 3.8) is 0 Å². The molecule has 0 spiro atoms. The Morgan fingerprint density at radius 3 is 2.60 bits per heavy atom. The third-order valence-corrected chi connectivity index (χ3v) is 2.35. The van der Waals surface area contributed by atoms with Crippen LogP contribution in [-0.2, 0) is 4.74 Å². The Morgan fingerprint density at radius 2 is 1.93 bits per heavy atom. The summed E-state index contributed by atoms with van der Waals surface area (Å²) >= 11 is 0. The lowest BCUT2D eigenvalue weighted by Crippen LogP contribution is -2.29. The molecule has 0 bridgehead atoms. The first-order valence-corrected chi connectivity index (χ1v) is 5.72. The standard InChI is InChI=1S/C13H21NO/c1-13(2)12-15-11-7-6-10-14-8-4-3-5-9-14/h12H,3-5,8-11H2,1-2H3. The molecule has 0 radical (unpaired) electrons. The van der Waals surface area contributed by atoms with Gasteiger partial charge < -0.3 is 4.74 Å². The topological polar surface area (TPSA) is 12.5 Å². The molecule has 0 aliphatic carbocycles. The Bertz CT molecular complexity index is 249. The van der Waals surface area contributed by atoms with Gasteiger partial charge in [-0.25, -0.2) is 0 Å². The highest BCUT2D eigenvalue weighted by Gasteiger charge is 2.07. The van der Waals surface area contributed by atoms with E-state index in [4.69, 9.17) is 4.74 Å². The van der Waals surface area contributed by atoms with E-state index in [1.807, 2.05) is 13.8 Å². The summed E-state index contributed by atoms with van der Waals surface area (Å²) in [6.07, 6.45) is 5.80. The zero-order chi connectivity index (χ0) is 10.9. The largest absolute Gasteiger partial charge is 0.489 e. The van der Waals surface area contributed by atoms with Gasteiger partial charge in [-0.2, -0.15) is 0 Å². The van der Waals surface area contributed by atoms with Crippen LogP contribution in [0.4, 0.5) is 0 Å². The molecule has 1 heterocycles. The van der Waals surface area contributed by atoms with Crippen LogP contribution >= 0.6 is 0 Å². The highest BCUT2D eigenvalue weighted by atomic mass is 16.5. The molecule has 1 aliphatic rings. The van der Waals surface area contributed by atoms with Gasteiger partial charge in [0.1, 0.15) is 6.61 Å². The number of rotatable bonds is 3. The fraction of sp³-hybridized carbons (Fsp3) is 0.692. The molecule has 0 amide bonds. The Morgan fingerprint density at radius 1 is 1.20 bits per heavy atom.